The van der Waals surface area contributed by atoms with Crippen molar-refractivity contribution in [1.29, 1.82) is 0 Å². The maximum absolute atomic E-state index is 12.2. The molecule has 0 amide bonds. The molecule has 0 radical (unpaired) electrons. The lowest BCUT2D eigenvalue weighted by Crippen LogP contribution is -2.50. The Morgan fingerprint density at radius 1 is 0.917 bits per heavy atom. The summed E-state index contributed by atoms with van der Waals surface area (Å²) in [6.45, 7) is 11.0. The molecular weight excluding hydrogens is 592 g/mol. The Balaban J connectivity index is 1.02. The lowest BCUT2D eigenvalue weighted by atomic mass is 9.53. The van der Waals surface area contributed by atoms with Crippen LogP contribution in [0.2, 0.25) is 0 Å². The van der Waals surface area contributed by atoms with Gasteiger partial charge in [0.1, 0.15) is 23.6 Å². The van der Waals surface area contributed by atoms with Gasteiger partial charge in [-0.2, -0.15) is 0 Å². The summed E-state index contributed by atoms with van der Waals surface area (Å²) in [6.07, 6.45) is 9.32. The normalized spacial score (nSPS) is 32.2. The van der Waals surface area contributed by atoms with E-state index in [1.807, 2.05) is 38.1 Å². The number of hydrogen-bond acceptors (Lipinski definition) is 4. The van der Waals surface area contributed by atoms with E-state index in [1.54, 1.807) is 0 Å². The zero-order valence-electron chi connectivity index (χ0n) is 28.8. The van der Waals surface area contributed by atoms with Crippen LogP contribution < -0.4 is 4.74 Å². The van der Waals surface area contributed by atoms with Crippen molar-refractivity contribution in [3.63, 3.8) is 0 Å². The second-order valence-electron chi connectivity index (χ2n) is 15.5. The maximum atomic E-state index is 12.2. The smallest absolute Gasteiger partial charge is 0.147 e. The molecule has 0 heterocycles. The van der Waals surface area contributed by atoms with E-state index in [1.165, 1.54) is 11.1 Å². The van der Waals surface area contributed by atoms with E-state index < -0.39 is 11.2 Å². The van der Waals surface area contributed by atoms with Gasteiger partial charge in [-0.15, -0.1) is 0 Å². The molecule has 7 rings (SSSR count). The minimum absolute atomic E-state index is 0.0579. The van der Waals surface area contributed by atoms with Crippen LogP contribution >= 0.6 is 0 Å². The average Bonchev–Trinajstić information content (AvgIpc) is 3.38. The Morgan fingerprint density at radius 3 is 2.31 bits per heavy atom. The molecule has 2 fully saturated rings. The second kappa shape index (κ2) is 12.7. The van der Waals surface area contributed by atoms with Crippen molar-refractivity contribution in [2.75, 3.05) is 0 Å². The topological polar surface area (TPSA) is 69.9 Å². The third kappa shape index (κ3) is 5.85. The van der Waals surface area contributed by atoms with Gasteiger partial charge in [0.15, 0.2) is 0 Å². The second-order valence-corrected chi connectivity index (χ2v) is 15.5. The predicted molar refractivity (Wildman–Crippen MR) is 192 cm³/mol. The van der Waals surface area contributed by atoms with Crippen LogP contribution in [0.5, 0.6) is 5.75 Å². The molecule has 0 aromatic heterocycles. The van der Waals surface area contributed by atoms with Gasteiger partial charge in [0.2, 0.25) is 0 Å². The van der Waals surface area contributed by atoms with Crippen molar-refractivity contribution in [2.24, 2.45) is 23.2 Å². The van der Waals surface area contributed by atoms with Crippen molar-refractivity contribution in [3.05, 3.63) is 113 Å². The van der Waals surface area contributed by atoms with E-state index in [2.05, 4.69) is 73.9 Å². The number of aliphatic hydroxyl groups excluding tert-OH is 1. The predicted octanol–water partition coefficient (Wildman–Crippen LogP) is 8.68. The summed E-state index contributed by atoms with van der Waals surface area (Å²) in [5.41, 5.74) is 6.59. The van der Waals surface area contributed by atoms with E-state index in [4.69, 9.17) is 4.74 Å². The molecule has 4 aliphatic rings. The highest BCUT2D eigenvalue weighted by Crippen LogP contribution is 2.64. The van der Waals surface area contributed by atoms with Gasteiger partial charge in [-0.05, 0) is 140 Å². The Hall–Kier alpha value is -3.62. The first-order valence-electron chi connectivity index (χ1n) is 17.9. The zero-order valence-corrected chi connectivity index (χ0v) is 28.8. The van der Waals surface area contributed by atoms with Gasteiger partial charge in [-0.25, -0.2) is 0 Å². The molecule has 7 atom stereocenters. The third-order valence-electron chi connectivity index (χ3n) is 12.8. The van der Waals surface area contributed by atoms with Gasteiger partial charge in [0, 0.05) is 5.41 Å². The van der Waals surface area contributed by atoms with Crippen LogP contribution in [-0.2, 0) is 19.6 Å². The van der Waals surface area contributed by atoms with Crippen molar-refractivity contribution in [1.82, 2.24) is 0 Å². The number of fused-ring (bicyclic) bond motifs is 5. The molecule has 0 saturated heterocycles. The highest BCUT2D eigenvalue weighted by molar-refractivity contribution is 5.64. The molecule has 250 valence electrons. The molecular formula is C44H50O4. The van der Waals surface area contributed by atoms with Gasteiger partial charge in [0.05, 0.1) is 6.61 Å². The molecule has 4 aliphatic carbocycles. The summed E-state index contributed by atoms with van der Waals surface area (Å²) >= 11 is 0. The molecule has 48 heavy (non-hydrogen) atoms. The van der Waals surface area contributed by atoms with Crippen LogP contribution in [0.4, 0.5) is 0 Å². The lowest BCUT2D eigenvalue weighted by Gasteiger charge is -2.52. The number of ether oxygens (including phenoxy) is 1. The van der Waals surface area contributed by atoms with Crippen molar-refractivity contribution in [3.8, 4) is 28.7 Å². The van der Waals surface area contributed by atoms with Crippen LogP contribution in [0.1, 0.15) is 93.9 Å². The first kappa shape index (κ1) is 32.9. The number of rotatable bonds is 6. The Morgan fingerprint density at radius 2 is 1.62 bits per heavy atom. The van der Waals surface area contributed by atoms with Crippen LogP contribution in [0.3, 0.4) is 0 Å². The molecule has 0 bridgehead atoms. The lowest BCUT2D eigenvalue weighted by molar-refractivity contribution is -0.0651. The SMILES string of the molecule is C=C(C)[C@@H]1CC=C(C)[C@@](O)(C#C[C@]2(O)CC[C@H]3[C@@H]4CCc5cc(OCc6ccc(-c7ccc(CO)cc7)cc6)ccc5[C@H]4CC[C@@]32C)C1. The van der Waals surface area contributed by atoms with Crippen LogP contribution in [-0.4, -0.2) is 26.5 Å². The number of allylic oxidation sites excluding steroid dienone is 2. The number of aliphatic hydroxyl groups is 3. The molecule has 3 aromatic rings. The molecule has 3 aromatic carbocycles. The minimum Gasteiger partial charge on any atom is -0.489 e. The largest absolute Gasteiger partial charge is 0.489 e. The number of hydrogen-bond donors (Lipinski definition) is 3. The minimum atomic E-state index is -1.20. The van der Waals surface area contributed by atoms with Gasteiger partial charge in [-0.3, -0.25) is 0 Å². The fourth-order valence-corrected chi connectivity index (χ4v) is 9.45. The molecule has 2 saturated carbocycles. The van der Waals surface area contributed by atoms with Crippen molar-refractivity contribution in [2.45, 2.75) is 102 Å². The van der Waals surface area contributed by atoms with E-state index in [-0.39, 0.29) is 17.9 Å². The summed E-state index contributed by atoms with van der Waals surface area (Å²) in [5, 5.41) is 33.1. The summed E-state index contributed by atoms with van der Waals surface area (Å²) in [7, 11) is 0. The molecule has 4 heteroatoms. The van der Waals surface area contributed by atoms with Gasteiger partial charge < -0.3 is 20.1 Å². The van der Waals surface area contributed by atoms with Gasteiger partial charge >= 0.3 is 0 Å². The highest BCUT2D eigenvalue weighted by atomic mass is 16.5. The summed E-state index contributed by atoms with van der Waals surface area (Å²) in [4.78, 5) is 0. The van der Waals surface area contributed by atoms with Crippen molar-refractivity contribution < 1.29 is 20.1 Å². The summed E-state index contributed by atoms with van der Waals surface area (Å²) in [6, 6.07) is 23.2. The first-order valence-corrected chi connectivity index (χ1v) is 17.9. The van der Waals surface area contributed by atoms with E-state index in [0.717, 1.165) is 77.7 Å². The third-order valence-corrected chi connectivity index (χ3v) is 12.8. The Kier molecular flexibility index (Phi) is 8.69. The summed E-state index contributed by atoms with van der Waals surface area (Å²) < 4.78 is 6.29. The Labute approximate surface area is 286 Å². The molecule has 0 unspecified atom stereocenters. The maximum Gasteiger partial charge on any atom is 0.147 e. The monoisotopic (exact) mass is 642 g/mol. The quantitative estimate of drug-likeness (QED) is 0.186. The fourth-order valence-electron chi connectivity index (χ4n) is 9.45. The van der Waals surface area contributed by atoms with Crippen LogP contribution in [0.25, 0.3) is 11.1 Å². The molecule has 3 N–H and O–H groups in total. The number of aryl methyl sites for hydroxylation is 1. The van der Waals surface area contributed by atoms with Crippen LogP contribution in [0.15, 0.2) is 90.5 Å². The Bertz CT molecular complexity index is 1770. The summed E-state index contributed by atoms with van der Waals surface area (Å²) in [5.74, 6) is 9.13. The van der Waals surface area contributed by atoms with E-state index >= 15 is 0 Å². The zero-order chi connectivity index (χ0) is 33.7. The first-order chi connectivity index (χ1) is 23.0. The van der Waals surface area contributed by atoms with Crippen LogP contribution in [0, 0.1) is 35.0 Å². The number of benzene rings is 3. The standard InChI is InChI=1S/C44H50O4/c1-29(2)36-10-5-30(3)43(46,26-36)23-24-44(47)22-20-41-40-17-15-35-25-37(16-18-38(35)39(40)19-21-42(41,44)4)48-28-32-8-13-34(14-9-32)33-11-6-31(27-45)7-12-33/h5-9,11-14,16,18,25,36,39-41,45-47H,1,10,15,17,19-22,26-28H2,2-4H3/t36-,39-,40-,41+,42+,43-,44-/m1/s1. The van der Waals surface area contributed by atoms with Gasteiger partial charge in [0.25, 0.3) is 0 Å². The fraction of sp³-hybridized carbons (Fsp3) is 0.455. The van der Waals surface area contributed by atoms with E-state index in [9.17, 15) is 15.3 Å². The van der Waals surface area contributed by atoms with Gasteiger partial charge in [-0.1, -0.05) is 91.6 Å². The molecule has 4 nitrogen and oxygen atoms in total. The highest BCUT2D eigenvalue weighted by Gasteiger charge is 2.61. The van der Waals surface area contributed by atoms with Crippen molar-refractivity contribution >= 4 is 0 Å². The molecule has 0 spiro atoms. The average molecular weight is 643 g/mol. The molecule has 0 aliphatic heterocycles. The van der Waals surface area contributed by atoms with E-state index in [0.29, 0.717) is 37.2 Å².